The Balaban J connectivity index is 1.13. The predicted molar refractivity (Wildman–Crippen MR) is 199 cm³/mol. The zero-order chi connectivity index (χ0) is 31.6. The average Bonchev–Trinajstić information content (AvgIpc) is 3.73. The number of allylic oxidation sites excluding steroid dienone is 8. The Kier molecular flexibility index (Phi) is 6.00. The Morgan fingerprint density at radius 1 is 0.542 bits per heavy atom. The molecular weight excluding hydrogens is 585 g/mol. The standard InChI is InChI=1S/C45H30N2O/c1-3-9-32-25-34(15-13-29(32)7-1)36-19-23-42-39(27-36)40-28-37(35-16-14-30-8-2-4-10-33(30)26-35)20-24-43(40)47(42)38-21-17-31(18-22-38)45-46-41-11-5-6-12-44(41)48-45/h1-29,32H. The summed E-state index contributed by atoms with van der Waals surface area (Å²) in [4.78, 5) is 4.72. The molecule has 0 aliphatic heterocycles. The van der Waals surface area contributed by atoms with E-state index in [1.165, 1.54) is 54.8 Å². The molecule has 48 heavy (non-hydrogen) atoms. The molecule has 2 unspecified atom stereocenters. The summed E-state index contributed by atoms with van der Waals surface area (Å²) in [7, 11) is 0. The highest BCUT2D eigenvalue weighted by Crippen LogP contribution is 2.39. The second-order valence-corrected chi connectivity index (χ2v) is 12.8. The quantitative estimate of drug-likeness (QED) is 0.197. The van der Waals surface area contributed by atoms with Crippen molar-refractivity contribution in [3.63, 3.8) is 0 Å². The molecule has 0 saturated heterocycles. The number of benzene rings is 6. The highest BCUT2D eigenvalue weighted by atomic mass is 16.3. The molecule has 0 bridgehead atoms. The van der Waals surface area contributed by atoms with E-state index in [1.807, 2.05) is 24.3 Å². The maximum Gasteiger partial charge on any atom is 0.227 e. The second kappa shape index (κ2) is 10.7. The Labute approximate surface area is 278 Å². The van der Waals surface area contributed by atoms with Crippen LogP contribution >= 0.6 is 0 Å². The van der Waals surface area contributed by atoms with Crippen molar-refractivity contribution in [2.45, 2.75) is 0 Å². The molecule has 0 fully saturated rings. The number of fused-ring (bicyclic) bond motifs is 6. The van der Waals surface area contributed by atoms with Crippen LogP contribution in [0.15, 0.2) is 174 Å². The first-order chi connectivity index (χ1) is 23.7. The van der Waals surface area contributed by atoms with E-state index in [9.17, 15) is 0 Å². The zero-order valence-electron chi connectivity index (χ0n) is 26.1. The lowest BCUT2D eigenvalue weighted by Crippen LogP contribution is -2.11. The van der Waals surface area contributed by atoms with Crippen LogP contribution in [0.2, 0.25) is 0 Å². The number of hydrogen-bond donors (Lipinski definition) is 0. The monoisotopic (exact) mass is 614 g/mol. The van der Waals surface area contributed by atoms with Gasteiger partial charge < -0.3 is 8.98 Å². The Morgan fingerprint density at radius 3 is 2.04 bits per heavy atom. The third-order valence-corrected chi connectivity index (χ3v) is 9.94. The third kappa shape index (κ3) is 4.39. The highest BCUT2D eigenvalue weighted by molar-refractivity contribution is 6.11. The minimum absolute atomic E-state index is 0.395. The van der Waals surface area contributed by atoms with Crippen molar-refractivity contribution in [3.05, 3.63) is 175 Å². The predicted octanol–water partition coefficient (Wildman–Crippen LogP) is 11.7. The average molecular weight is 615 g/mol. The fourth-order valence-electron chi connectivity index (χ4n) is 7.45. The van der Waals surface area contributed by atoms with Gasteiger partial charge >= 0.3 is 0 Å². The molecule has 10 rings (SSSR count). The minimum Gasteiger partial charge on any atom is -0.436 e. The van der Waals surface area contributed by atoms with Gasteiger partial charge in [0.05, 0.1) is 11.0 Å². The number of aromatic nitrogens is 2. The molecule has 2 atom stereocenters. The third-order valence-electron chi connectivity index (χ3n) is 9.94. The summed E-state index contributed by atoms with van der Waals surface area (Å²) >= 11 is 0. The van der Waals surface area contributed by atoms with Crippen LogP contribution in [0.4, 0.5) is 0 Å². The molecular formula is C45H30N2O. The van der Waals surface area contributed by atoms with Gasteiger partial charge in [-0.25, -0.2) is 4.98 Å². The van der Waals surface area contributed by atoms with Gasteiger partial charge in [0, 0.05) is 33.9 Å². The topological polar surface area (TPSA) is 31.0 Å². The maximum atomic E-state index is 6.07. The van der Waals surface area contributed by atoms with Crippen molar-refractivity contribution in [1.82, 2.24) is 9.55 Å². The van der Waals surface area contributed by atoms with Gasteiger partial charge in [-0.3, -0.25) is 0 Å². The number of rotatable bonds is 4. The van der Waals surface area contributed by atoms with Crippen LogP contribution in [0.5, 0.6) is 0 Å². The van der Waals surface area contributed by atoms with E-state index in [4.69, 9.17) is 9.40 Å². The van der Waals surface area contributed by atoms with Crippen molar-refractivity contribution in [3.8, 4) is 28.3 Å². The molecule has 8 aromatic rings. The van der Waals surface area contributed by atoms with Crippen LogP contribution in [0, 0.1) is 11.8 Å². The lowest BCUT2D eigenvalue weighted by Gasteiger charge is -2.23. The largest absolute Gasteiger partial charge is 0.436 e. The summed E-state index contributed by atoms with van der Waals surface area (Å²) in [6, 6.07) is 45.6. The molecule has 0 spiro atoms. The number of oxazole rings is 1. The van der Waals surface area contributed by atoms with Crippen LogP contribution in [0.3, 0.4) is 0 Å². The first-order valence-electron chi connectivity index (χ1n) is 16.5. The molecule has 2 aliphatic carbocycles. The molecule has 0 N–H and O–H groups in total. The molecule has 3 nitrogen and oxygen atoms in total. The normalized spacial score (nSPS) is 17.0. The molecule has 6 aromatic carbocycles. The van der Waals surface area contributed by atoms with Gasteiger partial charge in [0.1, 0.15) is 5.52 Å². The maximum absolute atomic E-state index is 6.07. The fourth-order valence-corrected chi connectivity index (χ4v) is 7.45. The summed E-state index contributed by atoms with van der Waals surface area (Å²) in [6.45, 7) is 0. The van der Waals surface area contributed by atoms with Crippen LogP contribution in [0.1, 0.15) is 5.56 Å². The van der Waals surface area contributed by atoms with Gasteiger partial charge in [0.15, 0.2) is 5.58 Å². The van der Waals surface area contributed by atoms with Gasteiger partial charge in [-0.05, 0) is 99.8 Å². The van der Waals surface area contributed by atoms with Gasteiger partial charge in [-0.2, -0.15) is 0 Å². The summed E-state index contributed by atoms with van der Waals surface area (Å²) in [5.41, 5.74) is 11.0. The van der Waals surface area contributed by atoms with E-state index in [-0.39, 0.29) is 0 Å². The van der Waals surface area contributed by atoms with Crippen LogP contribution in [-0.2, 0) is 0 Å². The first kappa shape index (κ1) is 27.0. The Hall–Kier alpha value is -6.19. The molecule has 2 heterocycles. The van der Waals surface area contributed by atoms with Crippen LogP contribution in [0.25, 0.3) is 77.5 Å². The molecule has 226 valence electrons. The van der Waals surface area contributed by atoms with Gasteiger partial charge in [0.25, 0.3) is 0 Å². The number of para-hydroxylation sites is 2. The van der Waals surface area contributed by atoms with Gasteiger partial charge in [-0.15, -0.1) is 0 Å². The summed E-state index contributed by atoms with van der Waals surface area (Å²) < 4.78 is 8.45. The van der Waals surface area contributed by atoms with Crippen LogP contribution in [-0.4, -0.2) is 9.55 Å². The van der Waals surface area contributed by atoms with E-state index in [2.05, 4.69) is 150 Å². The highest BCUT2D eigenvalue weighted by Gasteiger charge is 2.20. The lowest BCUT2D eigenvalue weighted by atomic mass is 9.81. The molecule has 0 radical (unpaired) electrons. The molecule has 0 saturated carbocycles. The van der Waals surface area contributed by atoms with E-state index >= 15 is 0 Å². The van der Waals surface area contributed by atoms with Crippen molar-refractivity contribution < 1.29 is 4.42 Å². The number of hydrogen-bond acceptors (Lipinski definition) is 2. The van der Waals surface area contributed by atoms with Gasteiger partial charge in [-0.1, -0.05) is 103 Å². The molecule has 3 heteroatoms. The zero-order valence-corrected chi connectivity index (χ0v) is 26.1. The molecule has 0 amide bonds. The Bertz CT molecular complexity index is 2650. The Morgan fingerprint density at radius 2 is 1.21 bits per heavy atom. The van der Waals surface area contributed by atoms with Crippen LogP contribution < -0.4 is 0 Å². The smallest absolute Gasteiger partial charge is 0.227 e. The second-order valence-electron chi connectivity index (χ2n) is 12.8. The van der Waals surface area contributed by atoms with E-state index in [0.717, 1.165) is 22.4 Å². The van der Waals surface area contributed by atoms with Gasteiger partial charge in [0.2, 0.25) is 5.89 Å². The summed E-state index contributed by atoms with van der Waals surface area (Å²) in [5, 5.41) is 4.98. The van der Waals surface area contributed by atoms with Crippen molar-refractivity contribution in [2.75, 3.05) is 0 Å². The van der Waals surface area contributed by atoms with Crippen molar-refractivity contribution in [1.29, 1.82) is 0 Å². The van der Waals surface area contributed by atoms with Crippen molar-refractivity contribution >= 4 is 49.3 Å². The SMILES string of the molecule is C1=CC2C=CC(c3ccc4c(c3)c3cc(-c5ccc6ccccc6c5)ccc3n4-c3ccc(-c4nc5ccccc5o4)cc3)=CC2C=C1. The van der Waals surface area contributed by atoms with Crippen molar-refractivity contribution in [2.24, 2.45) is 11.8 Å². The summed E-state index contributed by atoms with van der Waals surface area (Å²) in [6.07, 6.45) is 15.9. The van der Waals surface area contributed by atoms with E-state index in [1.54, 1.807) is 0 Å². The minimum atomic E-state index is 0.395. The van der Waals surface area contributed by atoms with E-state index in [0.29, 0.717) is 17.7 Å². The lowest BCUT2D eigenvalue weighted by molar-refractivity contribution is 0.620. The first-order valence-corrected chi connectivity index (χ1v) is 16.5. The number of nitrogens with zero attached hydrogens (tertiary/aromatic N) is 2. The summed E-state index contributed by atoms with van der Waals surface area (Å²) in [5.74, 6) is 1.46. The molecule has 2 aliphatic rings. The van der Waals surface area contributed by atoms with E-state index < -0.39 is 0 Å². The molecule has 2 aromatic heterocycles. The fraction of sp³-hybridized carbons (Fsp3) is 0.0444.